The maximum atomic E-state index is 14.9. The summed E-state index contributed by atoms with van der Waals surface area (Å²) in [5, 5.41) is 4.89. The number of nitrogens with zero attached hydrogens (tertiary/aromatic N) is 5. The van der Waals surface area contributed by atoms with Gasteiger partial charge in [-0.25, -0.2) is 18.4 Å². The molecule has 0 spiro atoms. The number of hydrogen-bond donors (Lipinski definition) is 1. The Morgan fingerprint density at radius 2 is 2.00 bits per heavy atom. The lowest BCUT2D eigenvalue weighted by Gasteiger charge is -2.33. The van der Waals surface area contributed by atoms with Crippen molar-refractivity contribution < 1.29 is 23.0 Å². The Morgan fingerprint density at radius 1 is 1.28 bits per heavy atom. The second-order valence-corrected chi connectivity index (χ2v) is 19.7. The first-order valence-corrected chi connectivity index (χ1v) is 19.1. The number of likely N-dealkylation sites (N-methyl/N-ethyl adjacent to an activating group) is 1. The number of H-pyrrole nitrogens is 1. The summed E-state index contributed by atoms with van der Waals surface area (Å²) in [6, 6.07) is 4.66. The molecule has 6 rings (SSSR count). The molecule has 1 amide bonds. The monoisotopic (exact) mass is 614 g/mol. The van der Waals surface area contributed by atoms with E-state index >= 15 is 0 Å². The molecule has 0 radical (unpaired) electrons. The van der Waals surface area contributed by atoms with Crippen LogP contribution in [-0.4, -0.2) is 90.6 Å². The van der Waals surface area contributed by atoms with E-state index in [1.807, 2.05) is 26.0 Å². The van der Waals surface area contributed by atoms with Gasteiger partial charge in [0, 0.05) is 69.5 Å². The molecule has 3 heterocycles. The molecule has 9 nitrogen and oxygen atoms in total. The highest BCUT2D eigenvalue weighted by Crippen LogP contribution is 2.70. The number of morpholine rings is 1. The fourth-order valence-electron chi connectivity index (χ4n) is 6.74. The van der Waals surface area contributed by atoms with E-state index in [9.17, 15) is 13.6 Å². The largest absolute Gasteiger partial charge is 0.379 e. The van der Waals surface area contributed by atoms with Gasteiger partial charge in [-0.2, -0.15) is 5.10 Å². The number of nitrogens with one attached hydrogen (secondary N) is 1. The van der Waals surface area contributed by atoms with Crippen molar-refractivity contribution in [3.05, 3.63) is 29.0 Å². The number of aryl methyl sites for hydroxylation is 1. The van der Waals surface area contributed by atoms with E-state index in [1.165, 1.54) is 0 Å². The number of amides is 1. The molecule has 2 aliphatic carbocycles. The molecule has 1 aromatic carbocycles. The Labute approximate surface area is 252 Å². The number of aromatic nitrogens is 4. The Morgan fingerprint density at radius 3 is 2.70 bits per heavy atom. The van der Waals surface area contributed by atoms with E-state index in [2.05, 4.69) is 29.5 Å². The summed E-state index contributed by atoms with van der Waals surface area (Å²) in [5.74, 6) is -2.83. The lowest BCUT2D eigenvalue weighted by Crippen LogP contribution is -2.50. The topological polar surface area (TPSA) is 88.5 Å². The number of anilines is 1. The van der Waals surface area contributed by atoms with Crippen LogP contribution in [0, 0.1) is 18.3 Å². The molecule has 2 aromatic heterocycles. The van der Waals surface area contributed by atoms with Crippen LogP contribution in [0.15, 0.2) is 12.1 Å². The van der Waals surface area contributed by atoms with Crippen molar-refractivity contribution in [1.29, 1.82) is 0 Å². The van der Waals surface area contributed by atoms with Gasteiger partial charge in [0.1, 0.15) is 12.4 Å². The molecule has 1 aliphatic heterocycles. The van der Waals surface area contributed by atoms with E-state index < -0.39 is 25.3 Å². The van der Waals surface area contributed by atoms with Crippen LogP contribution >= 0.6 is 0 Å². The van der Waals surface area contributed by atoms with E-state index in [1.54, 1.807) is 23.6 Å². The van der Waals surface area contributed by atoms with E-state index in [0.717, 1.165) is 47.2 Å². The molecule has 2 fully saturated rings. The van der Waals surface area contributed by atoms with Crippen molar-refractivity contribution in [3.63, 3.8) is 0 Å². The van der Waals surface area contributed by atoms with Gasteiger partial charge in [-0.15, -0.1) is 0 Å². The maximum Gasteiger partial charge on any atom is 0.258 e. The number of aromatic amines is 1. The highest BCUT2D eigenvalue weighted by atomic mass is 28.3. The van der Waals surface area contributed by atoms with Gasteiger partial charge in [-0.3, -0.25) is 9.69 Å². The maximum absolute atomic E-state index is 14.9. The van der Waals surface area contributed by atoms with Gasteiger partial charge in [-0.1, -0.05) is 26.6 Å². The summed E-state index contributed by atoms with van der Waals surface area (Å²) in [5.41, 5.74) is 4.44. The van der Waals surface area contributed by atoms with E-state index in [0.29, 0.717) is 36.9 Å². The second-order valence-electron chi connectivity index (χ2n) is 14.1. The number of carbonyl (C=O) groups excluding carboxylic acids is 1. The molecule has 1 saturated carbocycles. The number of hydrogen-bond acceptors (Lipinski definition) is 6. The van der Waals surface area contributed by atoms with Crippen LogP contribution in [0.25, 0.3) is 22.6 Å². The number of rotatable bonds is 9. The molecule has 43 heavy (non-hydrogen) atoms. The zero-order chi connectivity index (χ0) is 30.9. The summed E-state index contributed by atoms with van der Waals surface area (Å²) >= 11 is 0. The van der Waals surface area contributed by atoms with Gasteiger partial charge in [0.15, 0.2) is 5.82 Å². The summed E-state index contributed by atoms with van der Waals surface area (Å²) < 4.78 is 43.0. The van der Waals surface area contributed by atoms with Crippen LogP contribution in [-0.2, 0) is 33.8 Å². The Balaban J connectivity index is 1.30. The van der Waals surface area contributed by atoms with Gasteiger partial charge in [0.05, 0.1) is 30.3 Å². The fourth-order valence-corrected chi connectivity index (χ4v) is 7.50. The molecule has 0 bridgehead atoms. The van der Waals surface area contributed by atoms with Crippen molar-refractivity contribution in [2.24, 2.45) is 11.3 Å². The minimum absolute atomic E-state index is 0.00968. The molecule has 1 N–H and O–H groups in total. The van der Waals surface area contributed by atoms with Crippen molar-refractivity contribution in [1.82, 2.24) is 24.6 Å². The minimum Gasteiger partial charge on any atom is -0.379 e. The van der Waals surface area contributed by atoms with Crippen LogP contribution < -0.4 is 4.90 Å². The quantitative estimate of drug-likeness (QED) is 0.267. The average molecular weight is 615 g/mol. The lowest BCUT2D eigenvalue weighted by molar-refractivity contribution is -0.124. The molecule has 12 heteroatoms. The third-order valence-electron chi connectivity index (χ3n) is 9.87. The zero-order valence-corrected chi connectivity index (χ0v) is 27.4. The summed E-state index contributed by atoms with van der Waals surface area (Å²) in [4.78, 5) is 25.6. The molecule has 3 aliphatic rings. The highest BCUT2D eigenvalue weighted by molar-refractivity contribution is 6.76. The normalized spacial score (nSPS) is 24.1. The summed E-state index contributed by atoms with van der Waals surface area (Å²) in [7, 11) is 0.533. The van der Waals surface area contributed by atoms with Crippen LogP contribution in [0.4, 0.5) is 14.5 Å². The Bertz CT molecular complexity index is 1540. The smallest absolute Gasteiger partial charge is 0.258 e. The first-order chi connectivity index (χ1) is 20.2. The fraction of sp³-hybridized carbons (Fsp3) is 0.645. The van der Waals surface area contributed by atoms with Crippen molar-refractivity contribution in [2.45, 2.75) is 78.0 Å². The average Bonchev–Trinajstić information content (AvgIpc) is 3.29. The van der Waals surface area contributed by atoms with Gasteiger partial charge >= 0.3 is 0 Å². The first kappa shape index (κ1) is 30.4. The molecule has 3 atom stereocenters. The van der Waals surface area contributed by atoms with E-state index in [4.69, 9.17) is 19.6 Å². The van der Waals surface area contributed by atoms with Crippen molar-refractivity contribution in [2.75, 3.05) is 44.9 Å². The number of alkyl halides is 2. The van der Waals surface area contributed by atoms with Crippen molar-refractivity contribution in [3.8, 4) is 11.5 Å². The summed E-state index contributed by atoms with van der Waals surface area (Å²) in [6.45, 7) is 16.1. The van der Waals surface area contributed by atoms with Gasteiger partial charge in [0.25, 0.3) is 5.92 Å². The number of fused-ring (bicyclic) bond motifs is 3. The number of benzene rings is 1. The van der Waals surface area contributed by atoms with Gasteiger partial charge in [0.2, 0.25) is 5.91 Å². The minimum atomic E-state index is -2.69. The number of ether oxygens (including phenoxy) is 2. The predicted octanol–water partition coefficient (Wildman–Crippen LogP) is 5.10. The number of halogens is 2. The zero-order valence-electron chi connectivity index (χ0n) is 26.4. The van der Waals surface area contributed by atoms with Gasteiger partial charge < -0.3 is 19.4 Å². The Hall–Kier alpha value is -2.67. The SMILES string of the molecule is Cc1cc2[nH]c(-c3nn(COCC[Si](C)(C)C)c4c3C[C@@H]3C(F)(F)[C@]3(C)C4)nc2cc1N(C)C(=O)C(C)N1CCOCC1. The third-order valence-corrected chi connectivity index (χ3v) is 11.6. The third kappa shape index (κ3) is 5.34. The van der Waals surface area contributed by atoms with Crippen LogP contribution in [0.5, 0.6) is 0 Å². The number of carbonyl (C=O) groups is 1. The highest BCUT2D eigenvalue weighted by Gasteiger charge is 2.78. The molecule has 1 unspecified atom stereocenters. The van der Waals surface area contributed by atoms with Crippen molar-refractivity contribution >= 4 is 30.7 Å². The molecule has 3 aromatic rings. The molecule has 1 saturated heterocycles. The lowest BCUT2D eigenvalue weighted by atomic mass is 9.87. The van der Waals surface area contributed by atoms with Gasteiger partial charge in [-0.05, 0) is 44.0 Å². The summed E-state index contributed by atoms with van der Waals surface area (Å²) in [6.07, 6.45) is 0.531. The first-order valence-electron chi connectivity index (χ1n) is 15.4. The second kappa shape index (κ2) is 10.7. The van der Waals surface area contributed by atoms with Crippen LogP contribution in [0.1, 0.15) is 30.7 Å². The predicted molar refractivity (Wildman–Crippen MR) is 165 cm³/mol. The van der Waals surface area contributed by atoms with E-state index in [-0.39, 0.29) is 31.5 Å². The number of imidazole rings is 1. The standard InChI is InChI=1S/C31H44F2N6O3Si/c1-19-14-22-23(16-24(19)37(4)29(40)20(2)38-8-10-41-11-9-38)35-28(34-22)27-21-15-26-30(3,31(26,32)33)17-25(21)39(36-27)18-42-12-13-43(5,6)7/h14,16,20,26H,8-13,15,17-18H2,1-7H3,(H,34,35)/t20?,26-,30+/m0/s1. The molecule has 234 valence electrons. The van der Waals surface area contributed by atoms with Crippen LogP contribution in [0.2, 0.25) is 25.7 Å². The van der Waals surface area contributed by atoms with Crippen LogP contribution in [0.3, 0.4) is 0 Å². The molecular weight excluding hydrogens is 570 g/mol. The molecular formula is C31H44F2N6O3Si. The Kier molecular flexibility index (Phi) is 7.59.